The third-order valence-corrected chi connectivity index (χ3v) is 3.08. The molecule has 0 bridgehead atoms. The number of nitro groups is 1. The van der Waals surface area contributed by atoms with Gasteiger partial charge in [-0.05, 0) is 31.5 Å². The number of rotatable bonds is 4. The van der Waals surface area contributed by atoms with Crippen molar-refractivity contribution in [3.63, 3.8) is 0 Å². The fraction of sp³-hybridized carbons (Fsp3) is 0.200. The first-order valence-corrected chi connectivity index (χ1v) is 6.37. The summed E-state index contributed by atoms with van der Waals surface area (Å²) in [5.41, 5.74) is 6.85. The molecule has 1 atom stereocenters. The minimum Gasteiger partial charge on any atom is -0.453 e. The second-order valence-electron chi connectivity index (χ2n) is 4.76. The van der Waals surface area contributed by atoms with Crippen LogP contribution < -0.4 is 10.5 Å². The van der Waals surface area contributed by atoms with Crippen molar-refractivity contribution >= 4 is 5.69 Å². The molecule has 0 saturated heterocycles. The maximum atomic E-state index is 14.0. The van der Waals surface area contributed by atoms with Gasteiger partial charge in [-0.25, -0.2) is 4.39 Å². The number of ether oxygens (including phenoxy) is 1. The molecule has 110 valence electrons. The monoisotopic (exact) mass is 290 g/mol. The van der Waals surface area contributed by atoms with Crippen LogP contribution in [0, 0.1) is 22.9 Å². The first kappa shape index (κ1) is 14.9. The van der Waals surface area contributed by atoms with Crippen molar-refractivity contribution in [2.24, 2.45) is 5.73 Å². The molecule has 0 heterocycles. The molecule has 0 saturated carbocycles. The van der Waals surface area contributed by atoms with E-state index in [0.717, 1.165) is 0 Å². The third kappa shape index (κ3) is 3.17. The minimum absolute atomic E-state index is 0.00361. The van der Waals surface area contributed by atoms with Gasteiger partial charge in [0.25, 0.3) is 5.69 Å². The summed E-state index contributed by atoms with van der Waals surface area (Å²) in [5, 5.41) is 10.8. The van der Waals surface area contributed by atoms with Gasteiger partial charge in [-0.2, -0.15) is 0 Å². The Morgan fingerprint density at radius 3 is 2.67 bits per heavy atom. The summed E-state index contributed by atoms with van der Waals surface area (Å²) in [7, 11) is 0. The van der Waals surface area contributed by atoms with Crippen LogP contribution >= 0.6 is 0 Å². The van der Waals surface area contributed by atoms with Gasteiger partial charge in [0.2, 0.25) is 0 Å². The van der Waals surface area contributed by atoms with Gasteiger partial charge in [0, 0.05) is 17.7 Å². The standard InChI is InChI=1S/C15H15FN2O3/c1-9-6-7-11(18(19)20)8-14(9)21-15-12(10(2)17)4-3-5-13(15)16/h3-8,10H,17H2,1-2H3/t10-/m1/s1. The molecule has 0 unspecified atom stereocenters. The van der Waals surface area contributed by atoms with Crippen LogP contribution in [0.25, 0.3) is 0 Å². The molecule has 0 aliphatic heterocycles. The summed E-state index contributed by atoms with van der Waals surface area (Å²) in [6.07, 6.45) is 0. The number of aryl methyl sites for hydroxylation is 1. The number of halogens is 1. The van der Waals surface area contributed by atoms with Gasteiger partial charge in [0.05, 0.1) is 11.0 Å². The number of hydrogen-bond acceptors (Lipinski definition) is 4. The van der Waals surface area contributed by atoms with Crippen molar-refractivity contribution in [2.45, 2.75) is 19.9 Å². The highest BCUT2D eigenvalue weighted by atomic mass is 19.1. The van der Waals surface area contributed by atoms with Gasteiger partial charge >= 0.3 is 0 Å². The van der Waals surface area contributed by atoms with Gasteiger partial charge in [0.1, 0.15) is 5.75 Å². The topological polar surface area (TPSA) is 78.4 Å². The van der Waals surface area contributed by atoms with Crippen LogP contribution in [0.3, 0.4) is 0 Å². The summed E-state index contributed by atoms with van der Waals surface area (Å²) in [6.45, 7) is 3.44. The smallest absolute Gasteiger partial charge is 0.273 e. The Kier molecular flexibility index (Phi) is 4.18. The predicted molar refractivity (Wildman–Crippen MR) is 76.9 cm³/mol. The van der Waals surface area contributed by atoms with E-state index < -0.39 is 16.8 Å². The number of nitrogens with two attached hydrogens (primary N) is 1. The van der Waals surface area contributed by atoms with E-state index >= 15 is 0 Å². The number of benzene rings is 2. The summed E-state index contributed by atoms with van der Waals surface area (Å²) < 4.78 is 19.5. The maximum absolute atomic E-state index is 14.0. The summed E-state index contributed by atoms with van der Waals surface area (Å²) >= 11 is 0. The first-order chi connectivity index (χ1) is 9.90. The van der Waals surface area contributed by atoms with Crippen LogP contribution in [0.15, 0.2) is 36.4 Å². The van der Waals surface area contributed by atoms with Crippen LogP contribution in [0.1, 0.15) is 24.1 Å². The zero-order valence-electron chi connectivity index (χ0n) is 11.7. The first-order valence-electron chi connectivity index (χ1n) is 6.37. The Morgan fingerprint density at radius 2 is 2.05 bits per heavy atom. The third-order valence-electron chi connectivity index (χ3n) is 3.08. The number of nitro benzene ring substituents is 1. The molecule has 21 heavy (non-hydrogen) atoms. The van der Waals surface area contributed by atoms with Crippen molar-refractivity contribution in [3.05, 3.63) is 63.5 Å². The lowest BCUT2D eigenvalue weighted by molar-refractivity contribution is -0.384. The number of nitrogens with zero attached hydrogens (tertiary/aromatic N) is 1. The Labute approximate surface area is 121 Å². The summed E-state index contributed by atoms with van der Waals surface area (Å²) in [5.74, 6) is -0.331. The van der Waals surface area contributed by atoms with E-state index in [2.05, 4.69) is 0 Å². The fourth-order valence-electron chi connectivity index (χ4n) is 1.91. The molecular weight excluding hydrogens is 275 g/mol. The molecule has 0 aliphatic carbocycles. The molecule has 5 nitrogen and oxygen atoms in total. The van der Waals surface area contributed by atoms with Crippen molar-refractivity contribution < 1.29 is 14.1 Å². The van der Waals surface area contributed by atoms with Gasteiger partial charge < -0.3 is 10.5 Å². The lowest BCUT2D eigenvalue weighted by Crippen LogP contribution is -2.08. The number of non-ortho nitro benzene ring substituents is 1. The average molecular weight is 290 g/mol. The predicted octanol–water partition coefficient (Wildman–Crippen LogP) is 3.85. The van der Waals surface area contributed by atoms with Crippen LogP contribution in [-0.2, 0) is 0 Å². The van der Waals surface area contributed by atoms with E-state index in [4.69, 9.17) is 10.5 Å². The second kappa shape index (κ2) is 5.88. The highest BCUT2D eigenvalue weighted by Gasteiger charge is 2.17. The van der Waals surface area contributed by atoms with Gasteiger partial charge in [0.15, 0.2) is 11.6 Å². The van der Waals surface area contributed by atoms with E-state index in [9.17, 15) is 14.5 Å². The zero-order chi connectivity index (χ0) is 15.6. The molecule has 6 heteroatoms. The Bertz CT molecular complexity index is 687. The molecule has 2 aromatic rings. The van der Waals surface area contributed by atoms with E-state index in [1.54, 1.807) is 32.0 Å². The lowest BCUT2D eigenvalue weighted by atomic mass is 10.1. The molecule has 2 rings (SSSR count). The molecule has 0 aliphatic rings. The summed E-state index contributed by atoms with van der Waals surface area (Å²) in [4.78, 5) is 10.3. The molecule has 0 amide bonds. The van der Waals surface area contributed by atoms with Crippen LogP contribution in [-0.4, -0.2) is 4.92 Å². The molecule has 0 fully saturated rings. The second-order valence-corrected chi connectivity index (χ2v) is 4.76. The summed E-state index contributed by atoms with van der Waals surface area (Å²) in [6, 6.07) is 8.24. The van der Waals surface area contributed by atoms with E-state index in [0.29, 0.717) is 11.1 Å². The molecule has 0 aromatic heterocycles. The number of hydrogen-bond donors (Lipinski definition) is 1. The van der Waals surface area contributed by atoms with E-state index in [-0.39, 0.29) is 17.2 Å². The van der Waals surface area contributed by atoms with Crippen LogP contribution in [0.5, 0.6) is 11.5 Å². The average Bonchev–Trinajstić information content (AvgIpc) is 2.42. The molecule has 0 radical (unpaired) electrons. The fourth-order valence-corrected chi connectivity index (χ4v) is 1.91. The van der Waals surface area contributed by atoms with Crippen molar-refractivity contribution in [3.8, 4) is 11.5 Å². The Hall–Kier alpha value is -2.47. The number of para-hydroxylation sites is 1. The van der Waals surface area contributed by atoms with Gasteiger partial charge in [-0.3, -0.25) is 10.1 Å². The minimum atomic E-state index is -0.560. The maximum Gasteiger partial charge on any atom is 0.273 e. The molecule has 2 N–H and O–H groups in total. The molecular formula is C15H15FN2O3. The zero-order valence-corrected chi connectivity index (χ0v) is 11.7. The van der Waals surface area contributed by atoms with Crippen molar-refractivity contribution in [1.82, 2.24) is 0 Å². The van der Waals surface area contributed by atoms with Gasteiger partial charge in [-0.15, -0.1) is 0 Å². The highest BCUT2D eigenvalue weighted by Crippen LogP contribution is 2.34. The largest absolute Gasteiger partial charge is 0.453 e. The normalized spacial score (nSPS) is 12.0. The highest BCUT2D eigenvalue weighted by molar-refractivity contribution is 5.47. The molecule has 0 spiro atoms. The van der Waals surface area contributed by atoms with Gasteiger partial charge in [-0.1, -0.05) is 12.1 Å². The van der Waals surface area contributed by atoms with Crippen molar-refractivity contribution in [1.29, 1.82) is 0 Å². The van der Waals surface area contributed by atoms with E-state index in [1.807, 2.05) is 0 Å². The molecule has 2 aromatic carbocycles. The Morgan fingerprint density at radius 1 is 1.33 bits per heavy atom. The quantitative estimate of drug-likeness (QED) is 0.685. The van der Waals surface area contributed by atoms with Crippen molar-refractivity contribution in [2.75, 3.05) is 0 Å². The SMILES string of the molecule is Cc1ccc([N+](=O)[O-])cc1Oc1c(F)cccc1[C@@H](C)N. The van der Waals surface area contributed by atoms with Crippen LogP contribution in [0.4, 0.5) is 10.1 Å². The lowest BCUT2D eigenvalue weighted by Gasteiger charge is -2.15. The van der Waals surface area contributed by atoms with Crippen LogP contribution in [0.2, 0.25) is 0 Å². The van der Waals surface area contributed by atoms with E-state index in [1.165, 1.54) is 18.2 Å². The Balaban J connectivity index is 2.47.